The maximum atomic E-state index is 6.26. The van der Waals surface area contributed by atoms with Gasteiger partial charge in [-0.05, 0) is 0 Å². The van der Waals surface area contributed by atoms with Gasteiger partial charge in [0.2, 0.25) is 0 Å². The van der Waals surface area contributed by atoms with E-state index in [4.69, 9.17) is 22.9 Å². The van der Waals surface area contributed by atoms with Crippen molar-refractivity contribution in [3.63, 3.8) is 0 Å². The van der Waals surface area contributed by atoms with E-state index in [-0.39, 0.29) is 46.6 Å². The minimum absolute atomic E-state index is 0. The largest absolute Gasteiger partial charge is 2.00 e. The summed E-state index contributed by atoms with van der Waals surface area (Å²) >= 11 is 0. The van der Waals surface area contributed by atoms with E-state index in [0.717, 1.165) is 0 Å². The van der Waals surface area contributed by atoms with Crippen LogP contribution >= 0.6 is 0 Å². The molecule has 0 aromatic heterocycles. The smallest absolute Gasteiger partial charge is 0.679 e. The van der Waals surface area contributed by atoms with Gasteiger partial charge in [0.05, 0.1) is 0 Å². The van der Waals surface area contributed by atoms with Gasteiger partial charge in [-0.25, -0.2) is 0 Å². The maximum absolute atomic E-state index is 6.26. The van der Waals surface area contributed by atoms with E-state index >= 15 is 0 Å². The Labute approximate surface area is 70.0 Å². The summed E-state index contributed by atoms with van der Waals surface area (Å²) in [4.78, 5) is 0. The van der Waals surface area contributed by atoms with Crippen LogP contribution in [0.1, 0.15) is 0 Å². The van der Waals surface area contributed by atoms with Crippen molar-refractivity contribution >= 4 is 0 Å². The van der Waals surface area contributed by atoms with Gasteiger partial charge in [-0.15, -0.1) is 0 Å². The molecular formula is C4H12N4Pd-2. The molecule has 0 spiro atoms. The Balaban J connectivity index is -0.0000000720. The molecule has 0 aromatic carbocycles. The van der Waals surface area contributed by atoms with Crippen molar-refractivity contribution < 1.29 is 20.4 Å². The van der Waals surface area contributed by atoms with Crippen molar-refractivity contribution in [1.82, 2.24) is 0 Å². The van der Waals surface area contributed by atoms with Crippen LogP contribution in [0.5, 0.6) is 0 Å². The van der Waals surface area contributed by atoms with Gasteiger partial charge in [0.25, 0.3) is 0 Å². The Morgan fingerprint density at radius 1 is 0.556 bits per heavy atom. The minimum Gasteiger partial charge on any atom is -0.679 e. The van der Waals surface area contributed by atoms with Gasteiger partial charge in [0, 0.05) is 0 Å². The summed E-state index contributed by atoms with van der Waals surface area (Å²) in [6, 6.07) is 0. The normalized spacial score (nSPS) is 6.67. The molecule has 0 aliphatic carbocycles. The molecule has 0 fully saturated rings. The molecule has 4 nitrogen and oxygen atoms in total. The third kappa shape index (κ3) is 57.4. The second kappa shape index (κ2) is 23.6. The summed E-state index contributed by atoms with van der Waals surface area (Å²) in [5.74, 6) is 0. The quantitative estimate of drug-likeness (QED) is 0.640. The zero-order chi connectivity index (χ0) is 6.83. The van der Waals surface area contributed by atoms with Crippen molar-refractivity contribution in [2.24, 2.45) is 0 Å². The van der Waals surface area contributed by atoms with Gasteiger partial charge in [-0.1, -0.05) is 0 Å². The third-order valence-corrected chi connectivity index (χ3v) is 0.250. The molecule has 0 rings (SSSR count). The van der Waals surface area contributed by atoms with Crippen LogP contribution in [0.4, 0.5) is 0 Å². The van der Waals surface area contributed by atoms with E-state index < -0.39 is 0 Å². The molecule has 0 saturated carbocycles. The Hall–Kier alpha value is 0.502. The summed E-state index contributed by atoms with van der Waals surface area (Å²) in [6.45, 7) is 0.944. The fraction of sp³-hybridized carbons (Fsp3) is 1.00. The van der Waals surface area contributed by atoms with Gasteiger partial charge >= 0.3 is 20.4 Å². The first-order valence-corrected chi connectivity index (χ1v) is 2.41. The van der Waals surface area contributed by atoms with Crippen LogP contribution in [0.15, 0.2) is 0 Å². The third-order valence-electron chi connectivity index (χ3n) is 0.250. The van der Waals surface area contributed by atoms with E-state index in [2.05, 4.69) is 0 Å². The second-order valence-corrected chi connectivity index (χ2v) is 1.000. The van der Waals surface area contributed by atoms with Crippen LogP contribution in [0.3, 0.4) is 0 Å². The zero-order valence-electron chi connectivity index (χ0n) is 5.14. The molecule has 0 heterocycles. The predicted molar refractivity (Wildman–Crippen MR) is 36.8 cm³/mol. The van der Waals surface area contributed by atoms with Crippen molar-refractivity contribution in [1.29, 1.82) is 0 Å². The molecule has 0 saturated heterocycles. The number of hydrogen-bond donors (Lipinski definition) is 0. The molecule has 0 aromatic rings. The fourth-order valence-electron chi connectivity index (χ4n) is 0. The number of hydrogen-bond acceptors (Lipinski definition) is 0. The summed E-state index contributed by atoms with van der Waals surface area (Å²) in [7, 11) is 0. The molecule has 5 heteroatoms. The first kappa shape index (κ1) is 16.2. The molecule has 0 amide bonds. The molecular weight excluding hydrogens is 210 g/mol. The van der Waals surface area contributed by atoms with Gasteiger partial charge in [0.15, 0.2) is 0 Å². The molecule has 0 atom stereocenters. The minimum atomic E-state index is 0. The molecule has 9 heavy (non-hydrogen) atoms. The van der Waals surface area contributed by atoms with Crippen molar-refractivity contribution in [3.05, 3.63) is 22.9 Å². The monoisotopic (exact) mass is 222 g/mol. The van der Waals surface area contributed by atoms with Gasteiger partial charge in [0.1, 0.15) is 0 Å². The molecule has 0 aliphatic rings. The molecule has 0 radical (unpaired) electrons. The SMILES string of the molecule is [NH-]CC[NH-].[NH-]CC[NH-].[Pd+2]. The summed E-state index contributed by atoms with van der Waals surface area (Å²) in [5.41, 5.74) is 25.1. The first-order valence-electron chi connectivity index (χ1n) is 2.41. The van der Waals surface area contributed by atoms with Crippen molar-refractivity contribution in [2.45, 2.75) is 0 Å². The fourth-order valence-corrected chi connectivity index (χ4v) is 0. The Morgan fingerprint density at radius 3 is 0.667 bits per heavy atom. The Bertz CT molecular complexity index is 20.5. The van der Waals surface area contributed by atoms with Crippen LogP contribution in [-0.2, 0) is 20.4 Å². The Morgan fingerprint density at radius 2 is 0.667 bits per heavy atom. The second-order valence-electron chi connectivity index (χ2n) is 1.000. The van der Waals surface area contributed by atoms with Gasteiger partial charge < -0.3 is 22.9 Å². The molecule has 0 bridgehead atoms. The molecule has 0 unspecified atom stereocenters. The van der Waals surface area contributed by atoms with Gasteiger partial charge in [-0.2, -0.15) is 26.2 Å². The van der Waals surface area contributed by atoms with E-state index in [9.17, 15) is 0 Å². The first-order chi connectivity index (χ1) is 3.83. The summed E-state index contributed by atoms with van der Waals surface area (Å²) < 4.78 is 0. The van der Waals surface area contributed by atoms with Crippen LogP contribution in [0, 0.1) is 0 Å². The van der Waals surface area contributed by atoms with Crippen LogP contribution < -0.4 is 0 Å². The van der Waals surface area contributed by atoms with E-state index in [1.807, 2.05) is 0 Å². The van der Waals surface area contributed by atoms with Crippen LogP contribution in [-0.4, -0.2) is 26.2 Å². The van der Waals surface area contributed by atoms with Crippen LogP contribution in [0.25, 0.3) is 22.9 Å². The van der Waals surface area contributed by atoms with Crippen molar-refractivity contribution in [3.8, 4) is 0 Å². The Kier molecular flexibility index (Phi) is 42.6. The van der Waals surface area contributed by atoms with Crippen LogP contribution in [0.2, 0.25) is 0 Å². The van der Waals surface area contributed by atoms with Gasteiger partial charge in [-0.3, -0.25) is 0 Å². The number of nitrogens with one attached hydrogen (secondary N) is 4. The average molecular weight is 223 g/mol. The zero-order valence-corrected chi connectivity index (χ0v) is 6.70. The van der Waals surface area contributed by atoms with E-state index in [1.54, 1.807) is 0 Å². The standard InChI is InChI=1S/2C2H6N2.Pd/c2*3-1-2-4;/h2*3-4H,1-2H2;/q2*-2;+2. The average Bonchev–Trinajstić information content (AvgIpc) is 1.88. The van der Waals surface area contributed by atoms with E-state index in [1.165, 1.54) is 0 Å². The molecule has 0 aliphatic heterocycles. The summed E-state index contributed by atoms with van der Waals surface area (Å²) in [6.07, 6.45) is 0. The topological polar surface area (TPSA) is 95.2 Å². The number of rotatable bonds is 2. The van der Waals surface area contributed by atoms with E-state index in [0.29, 0.717) is 0 Å². The molecule has 60 valence electrons. The van der Waals surface area contributed by atoms with Crippen molar-refractivity contribution in [2.75, 3.05) is 26.2 Å². The molecule has 4 N–H and O–H groups in total. The predicted octanol–water partition coefficient (Wildman–Crippen LogP) is 2.18. The maximum Gasteiger partial charge on any atom is 2.00 e. The summed E-state index contributed by atoms with van der Waals surface area (Å²) in [5, 5.41) is 0.